The molecular weight excluding hydrogens is 324 g/mol. The van der Waals surface area contributed by atoms with Gasteiger partial charge in [-0.25, -0.2) is 4.98 Å². The lowest BCUT2D eigenvalue weighted by atomic mass is 9.97. The number of hydrogen-bond donors (Lipinski definition) is 2. The molecule has 0 atom stereocenters. The minimum atomic E-state index is -0.811. The van der Waals surface area contributed by atoms with E-state index in [1.54, 1.807) is 19.3 Å². The maximum absolute atomic E-state index is 12.2. The summed E-state index contributed by atoms with van der Waals surface area (Å²) in [5.74, 6) is 0.143. The van der Waals surface area contributed by atoms with E-state index in [1.807, 2.05) is 12.1 Å². The standard InChI is InChI=1S/C16H16N6O3/c1-16(24)8-22(9-16)15(23)13-7-25-14(19-13)4-11-2-3-12(21-20-11)10-5-17-18-6-10/h2-3,5-7,24H,4,8-9H2,1H3,(H,17,18). The van der Waals surface area contributed by atoms with Crippen molar-refractivity contribution >= 4 is 5.91 Å². The van der Waals surface area contributed by atoms with E-state index in [1.165, 1.54) is 11.2 Å². The zero-order valence-electron chi connectivity index (χ0n) is 13.5. The fraction of sp³-hybridized carbons (Fsp3) is 0.312. The molecule has 0 aromatic carbocycles. The number of β-amino-alcohol motifs (C(OH)–C–C–N with tert-alkyl or cyclic N) is 1. The lowest BCUT2D eigenvalue weighted by Crippen LogP contribution is -2.61. The molecule has 3 aromatic rings. The molecule has 4 heterocycles. The third-order valence-electron chi connectivity index (χ3n) is 3.97. The maximum Gasteiger partial charge on any atom is 0.276 e. The maximum atomic E-state index is 12.2. The first-order chi connectivity index (χ1) is 12.0. The summed E-state index contributed by atoms with van der Waals surface area (Å²) in [7, 11) is 0. The Morgan fingerprint density at radius 1 is 1.40 bits per heavy atom. The van der Waals surface area contributed by atoms with Gasteiger partial charge in [-0.15, -0.1) is 0 Å². The van der Waals surface area contributed by atoms with Crippen LogP contribution in [0.3, 0.4) is 0 Å². The van der Waals surface area contributed by atoms with Gasteiger partial charge < -0.3 is 14.4 Å². The summed E-state index contributed by atoms with van der Waals surface area (Å²) < 4.78 is 5.36. The molecule has 1 fully saturated rings. The molecule has 0 bridgehead atoms. The summed E-state index contributed by atoms with van der Waals surface area (Å²) >= 11 is 0. The van der Waals surface area contributed by atoms with Crippen molar-refractivity contribution in [3.63, 3.8) is 0 Å². The quantitative estimate of drug-likeness (QED) is 0.715. The highest BCUT2D eigenvalue weighted by Crippen LogP contribution is 2.22. The van der Waals surface area contributed by atoms with E-state index in [0.29, 0.717) is 36.8 Å². The molecule has 1 amide bonds. The zero-order chi connectivity index (χ0) is 17.4. The fourth-order valence-corrected chi connectivity index (χ4v) is 2.73. The summed E-state index contributed by atoms with van der Waals surface area (Å²) in [4.78, 5) is 17.9. The van der Waals surface area contributed by atoms with Crippen molar-refractivity contribution < 1.29 is 14.3 Å². The highest BCUT2D eigenvalue weighted by molar-refractivity contribution is 5.92. The number of carbonyl (C=O) groups is 1. The van der Waals surface area contributed by atoms with Crippen LogP contribution in [0.5, 0.6) is 0 Å². The minimum Gasteiger partial charge on any atom is -0.448 e. The van der Waals surface area contributed by atoms with Crippen LogP contribution in [0.25, 0.3) is 11.3 Å². The van der Waals surface area contributed by atoms with Crippen LogP contribution in [-0.4, -0.2) is 60.0 Å². The number of aromatic amines is 1. The molecule has 9 heteroatoms. The van der Waals surface area contributed by atoms with E-state index in [4.69, 9.17) is 4.42 Å². The SMILES string of the molecule is CC1(O)CN(C(=O)c2coc(Cc3ccc(-c4cn[nH]c4)nn3)n2)C1. The van der Waals surface area contributed by atoms with Crippen LogP contribution in [0, 0.1) is 0 Å². The average Bonchev–Trinajstić information content (AvgIpc) is 3.24. The number of carbonyl (C=O) groups excluding carboxylic acids is 1. The van der Waals surface area contributed by atoms with Crippen LogP contribution in [-0.2, 0) is 6.42 Å². The summed E-state index contributed by atoms with van der Waals surface area (Å²) in [6.07, 6.45) is 5.08. The number of amides is 1. The second-order valence-electron chi connectivity index (χ2n) is 6.36. The number of aliphatic hydroxyl groups is 1. The van der Waals surface area contributed by atoms with Gasteiger partial charge in [-0.2, -0.15) is 15.3 Å². The Kier molecular flexibility index (Phi) is 3.57. The van der Waals surface area contributed by atoms with Crippen LogP contribution in [0.2, 0.25) is 0 Å². The molecule has 128 valence electrons. The Bertz CT molecular complexity index is 877. The third-order valence-corrected chi connectivity index (χ3v) is 3.97. The number of H-pyrrole nitrogens is 1. The molecule has 0 radical (unpaired) electrons. The molecule has 2 N–H and O–H groups in total. The van der Waals surface area contributed by atoms with Crippen molar-refractivity contribution in [3.8, 4) is 11.3 Å². The molecule has 3 aromatic heterocycles. The largest absolute Gasteiger partial charge is 0.448 e. The van der Waals surface area contributed by atoms with Gasteiger partial charge in [0.25, 0.3) is 5.91 Å². The molecule has 0 aliphatic carbocycles. The molecule has 1 aliphatic rings. The van der Waals surface area contributed by atoms with Crippen molar-refractivity contribution in [3.05, 3.63) is 48.1 Å². The van der Waals surface area contributed by atoms with Crippen LogP contribution in [0.1, 0.15) is 29.0 Å². The van der Waals surface area contributed by atoms with Gasteiger partial charge in [0.15, 0.2) is 5.69 Å². The first-order valence-electron chi connectivity index (χ1n) is 7.78. The number of nitrogens with one attached hydrogen (secondary N) is 1. The van der Waals surface area contributed by atoms with E-state index >= 15 is 0 Å². The van der Waals surface area contributed by atoms with E-state index < -0.39 is 5.60 Å². The Balaban J connectivity index is 1.42. The lowest BCUT2D eigenvalue weighted by Gasteiger charge is -2.43. The van der Waals surface area contributed by atoms with Crippen molar-refractivity contribution in [2.24, 2.45) is 0 Å². The van der Waals surface area contributed by atoms with Crippen LogP contribution in [0.4, 0.5) is 0 Å². The normalized spacial score (nSPS) is 15.8. The monoisotopic (exact) mass is 340 g/mol. The second kappa shape index (κ2) is 5.78. The van der Waals surface area contributed by atoms with Gasteiger partial charge in [0.2, 0.25) is 5.89 Å². The van der Waals surface area contributed by atoms with E-state index in [9.17, 15) is 9.90 Å². The predicted octanol–water partition coefficient (Wildman–Crippen LogP) is 0.652. The van der Waals surface area contributed by atoms with Crippen molar-refractivity contribution in [1.29, 1.82) is 0 Å². The summed E-state index contributed by atoms with van der Waals surface area (Å²) in [5.41, 5.74) is 1.67. The first-order valence-corrected chi connectivity index (χ1v) is 7.78. The Labute approximate surface area is 142 Å². The Morgan fingerprint density at radius 3 is 2.88 bits per heavy atom. The van der Waals surface area contributed by atoms with Gasteiger partial charge in [0.05, 0.1) is 42.7 Å². The highest BCUT2D eigenvalue weighted by atomic mass is 16.3. The number of nitrogens with zero attached hydrogens (tertiary/aromatic N) is 5. The third kappa shape index (κ3) is 3.13. The molecule has 4 rings (SSSR count). The van der Waals surface area contributed by atoms with Gasteiger partial charge in [-0.05, 0) is 19.1 Å². The summed E-state index contributed by atoms with van der Waals surface area (Å²) in [5, 5.41) is 24.6. The van der Waals surface area contributed by atoms with E-state index in [0.717, 1.165) is 5.56 Å². The molecule has 25 heavy (non-hydrogen) atoms. The predicted molar refractivity (Wildman–Crippen MR) is 85.5 cm³/mol. The Hall–Kier alpha value is -3.07. The number of likely N-dealkylation sites (tertiary alicyclic amines) is 1. The van der Waals surface area contributed by atoms with Crippen LogP contribution < -0.4 is 0 Å². The molecule has 1 saturated heterocycles. The topological polar surface area (TPSA) is 121 Å². The zero-order valence-corrected chi connectivity index (χ0v) is 13.5. The molecule has 9 nitrogen and oxygen atoms in total. The number of hydrogen-bond acceptors (Lipinski definition) is 7. The van der Waals surface area contributed by atoms with Crippen molar-refractivity contribution in [2.75, 3.05) is 13.1 Å². The van der Waals surface area contributed by atoms with Gasteiger partial charge >= 0.3 is 0 Å². The van der Waals surface area contributed by atoms with E-state index in [-0.39, 0.29) is 11.6 Å². The van der Waals surface area contributed by atoms with Crippen molar-refractivity contribution in [1.82, 2.24) is 30.3 Å². The van der Waals surface area contributed by atoms with Crippen LogP contribution in [0.15, 0.2) is 35.2 Å². The first kappa shape index (κ1) is 15.5. The second-order valence-corrected chi connectivity index (χ2v) is 6.36. The molecule has 0 spiro atoms. The highest BCUT2D eigenvalue weighted by Gasteiger charge is 2.40. The molecule has 0 saturated carbocycles. The smallest absolute Gasteiger partial charge is 0.276 e. The summed E-state index contributed by atoms with van der Waals surface area (Å²) in [6.45, 7) is 2.29. The minimum absolute atomic E-state index is 0.230. The molecule has 0 unspecified atom stereocenters. The number of oxazole rings is 1. The lowest BCUT2D eigenvalue weighted by molar-refractivity contribution is -0.0670. The van der Waals surface area contributed by atoms with Crippen LogP contribution >= 0.6 is 0 Å². The average molecular weight is 340 g/mol. The Morgan fingerprint density at radius 2 is 2.24 bits per heavy atom. The van der Waals surface area contributed by atoms with Gasteiger partial charge in [0, 0.05) is 11.8 Å². The van der Waals surface area contributed by atoms with Gasteiger partial charge in [-0.3, -0.25) is 9.89 Å². The van der Waals surface area contributed by atoms with E-state index in [2.05, 4.69) is 25.4 Å². The van der Waals surface area contributed by atoms with Crippen molar-refractivity contribution in [2.45, 2.75) is 18.9 Å². The summed E-state index contributed by atoms with van der Waals surface area (Å²) in [6, 6.07) is 3.66. The molecule has 1 aliphatic heterocycles. The number of aromatic nitrogens is 5. The van der Waals surface area contributed by atoms with Gasteiger partial charge in [-0.1, -0.05) is 0 Å². The molecular formula is C16H16N6O3. The van der Waals surface area contributed by atoms with Gasteiger partial charge in [0.1, 0.15) is 6.26 Å². The fourth-order valence-electron chi connectivity index (χ4n) is 2.73. The number of rotatable bonds is 4.